The number of carbonyl (C=O) groups excluding carboxylic acids is 2. The molecule has 0 unspecified atom stereocenters. The van der Waals surface area contributed by atoms with Crippen molar-refractivity contribution in [1.29, 1.82) is 0 Å². The zero-order valence-electron chi connectivity index (χ0n) is 17.6. The Kier molecular flexibility index (Phi) is 8.11. The highest BCUT2D eigenvalue weighted by Gasteiger charge is 2.27. The quantitative estimate of drug-likeness (QED) is 0.580. The predicted octanol–water partition coefficient (Wildman–Crippen LogP) is 3.46. The van der Waals surface area contributed by atoms with Crippen LogP contribution in [0, 0.1) is 0 Å². The molecule has 2 aromatic rings. The molecule has 0 saturated carbocycles. The number of nitrogens with zero attached hydrogens (tertiary/aromatic N) is 1. The van der Waals surface area contributed by atoms with Crippen LogP contribution in [0.1, 0.15) is 26.2 Å². The molecule has 1 N–H and O–H groups in total. The third kappa shape index (κ3) is 6.21. The van der Waals surface area contributed by atoms with Crippen molar-refractivity contribution in [3.8, 4) is 5.75 Å². The van der Waals surface area contributed by atoms with E-state index in [9.17, 15) is 18.0 Å². The summed E-state index contributed by atoms with van der Waals surface area (Å²) in [5.41, 5.74) is 0.124. The van der Waals surface area contributed by atoms with Crippen LogP contribution in [0.15, 0.2) is 53.4 Å². The second-order valence-corrected chi connectivity index (χ2v) is 9.68. The molecular weight excluding hydrogens is 456 g/mol. The molecule has 1 atom stereocenters. The maximum atomic E-state index is 12.9. The summed E-state index contributed by atoms with van der Waals surface area (Å²) in [4.78, 5) is 24.4. The number of esters is 1. The Hall–Kier alpha value is -2.62. The summed E-state index contributed by atoms with van der Waals surface area (Å²) in [6.45, 7) is 1.87. The SMILES string of the molecule is C[C@H](Oc1ccccc1)C(=O)OCC(=O)Nc1cc(S(=O)(=O)N2CCCCC2)ccc1Cl. The lowest BCUT2D eigenvalue weighted by atomic mass is 10.2. The Morgan fingerprint density at radius 3 is 2.47 bits per heavy atom. The first kappa shape index (κ1) is 24.0. The number of ether oxygens (including phenoxy) is 2. The number of sulfonamides is 1. The molecule has 3 rings (SSSR count). The molecule has 10 heteroatoms. The molecule has 0 aliphatic carbocycles. The van der Waals surface area contributed by atoms with E-state index in [0.717, 1.165) is 19.3 Å². The second kappa shape index (κ2) is 10.8. The van der Waals surface area contributed by atoms with Crippen LogP contribution in [0.5, 0.6) is 5.75 Å². The van der Waals surface area contributed by atoms with E-state index in [0.29, 0.717) is 18.8 Å². The lowest BCUT2D eigenvalue weighted by molar-refractivity contribution is -0.153. The fourth-order valence-electron chi connectivity index (χ4n) is 3.21. The third-order valence-corrected chi connectivity index (χ3v) is 7.12. The van der Waals surface area contributed by atoms with Crippen LogP contribution in [-0.2, 0) is 24.3 Å². The van der Waals surface area contributed by atoms with Crippen LogP contribution in [0.4, 0.5) is 5.69 Å². The summed E-state index contributed by atoms with van der Waals surface area (Å²) in [6, 6.07) is 12.9. The number of piperidine rings is 1. The smallest absolute Gasteiger partial charge is 0.347 e. The molecule has 0 spiro atoms. The van der Waals surface area contributed by atoms with E-state index in [-0.39, 0.29) is 15.6 Å². The van der Waals surface area contributed by atoms with Crippen molar-refractivity contribution in [2.75, 3.05) is 25.0 Å². The van der Waals surface area contributed by atoms with Gasteiger partial charge in [-0.2, -0.15) is 4.31 Å². The first-order valence-electron chi connectivity index (χ1n) is 10.3. The van der Waals surface area contributed by atoms with Crippen molar-refractivity contribution in [2.45, 2.75) is 37.2 Å². The van der Waals surface area contributed by atoms with Crippen molar-refractivity contribution >= 4 is 39.2 Å². The van der Waals surface area contributed by atoms with E-state index in [1.165, 1.54) is 29.4 Å². The van der Waals surface area contributed by atoms with Gasteiger partial charge in [0.15, 0.2) is 12.7 Å². The number of para-hydroxylation sites is 1. The molecule has 1 aliphatic heterocycles. The third-order valence-electron chi connectivity index (χ3n) is 4.90. The van der Waals surface area contributed by atoms with E-state index in [1.54, 1.807) is 24.3 Å². The van der Waals surface area contributed by atoms with Crippen LogP contribution in [0.3, 0.4) is 0 Å². The van der Waals surface area contributed by atoms with Crippen LogP contribution >= 0.6 is 11.6 Å². The van der Waals surface area contributed by atoms with Crippen LogP contribution < -0.4 is 10.1 Å². The van der Waals surface area contributed by atoms with Crippen molar-refractivity contribution in [3.63, 3.8) is 0 Å². The van der Waals surface area contributed by atoms with E-state index >= 15 is 0 Å². The zero-order chi connectivity index (χ0) is 23.1. The minimum atomic E-state index is -3.68. The van der Waals surface area contributed by atoms with Crippen LogP contribution in [-0.4, -0.2) is 50.4 Å². The molecule has 1 heterocycles. The van der Waals surface area contributed by atoms with Gasteiger partial charge >= 0.3 is 5.97 Å². The molecule has 2 aromatic carbocycles. The van der Waals surface area contributed by atoms with Gasteiger partial charge in [0.05, 0.1) is 15.6 Å². The Morgan fingerprint density at radius 2 is 1.78 bits per heavy atom. The number of nitrogens with one attached hydrogen (secondary N) is 1. The predicted molar refractivity (Wildman–Crippen MR) is 120 cm³/mol. The molecule has 1 fully saturated rings. The zero-order valence-corrected chi connectivity index (χ0v) is 19.2. The van der Waals surface area contributed by atoms with Crippen LogP contribution in [0.2, 0.25) is 5.02 Å². The number of hydrogen-bond acceptors (Lipinski definition) is 6. The highest BCUT2D eigenvalue weighted by atomic mass is 35.5. The number of carbonyl (C=O) groups is 2. The van der Waals surface area contributed by atoms with Crippen molar-refractivity contribution in [2.24, 2.45) is 0 Å². The summed E-state index contributed by atoms with van der Waals surface area (Å²) in [6.07, 6.45) is 1.72. The van der Waals surface area contributed by atoms with Gasteiger partial charge in [0, 0.05) is 13.1 Å². The standard InChI is InChI=1S/C22H25ClN2O6S/c1-16(31-17-8-4-2-5-9-17)22(27)30-15-21(26)24-20-14-18(10-11-19(20)23)32(28,29)25-12-6-3-7-13-25/h2,4-5,8-11,14,16H,3,6-7,12-13,15H2,1H3,(H,24,26)/t16-/m0/s1. The molecule has 0 bridgehead atoms. The number of benzene rings is 2. The maximum absolute atomic E-state index is 12.9. The highest BCUT2D eigenvalue weighted by Crippen LogP contribution is 2.28. The summed E-state index contributed by atoms with van der Waals surface area (Å²) in [7, 11) is -3.68. The van der Waals surface area contributed by atoms with Gasteiger partial charge in [-0.15, -0.1) is 0 Å². The van der Waals surface area contributed by atoms with Gasteiger partial charge in [0.25, 0.3) is 5.91 Å². The topological polar surface area (TPSA) is 102 Å². The first-order chi connectivity index (χ1) is 15.3. The molecule has 8 nitrogen and oxygen atoms in total. The lowest BCUT2D eigenvalue weighted by Gasteiger charge is -2.26. The summed E-state index contributed by atoms with van der Waals surface area (Å²) < 4.78 is 37.6. The fraction of sp³-hybridized carbons (Fsp3) is 0.364. The lowest BCUT2D eigenvalue weighted by Crippen LogP contribution is -2.35. The van der Waals surface area contributed by atoms with Gasteiger partial charge in [-0.25, -0.2) is 13.2 Å². The minimum Gasteiger partial charge on any atom is -0.479 e. The maximum Gasteiger partial charge on any atom is 0.347 e. The molecule has 1 saturated heterocycles. The second-order valence-electron chi connectivity index (χ2n) is 7.34. The van der Waals surface area contributed by atoms with Crippen molar-refractivity contribution in [3.05, 3.63) is 53.6 Å². The van der Waals surface area contributed by atoms with Gasteiger partial charge in [0.1, 0.15) is 5.75 Å². The van der Waals surface area contributed by atoms with Gasteiger partial charge in [-0.1, -0.05) is 36.2 Å². The van der Waals surface area contributed by atoms with E-state index < -0.39 is 34.6 Å². The first-order valence-corrected chi connectivity index (χ1v) is 12.1. The highest BCUT2D eigenvalue weighted by molar-refractivity contribution is 7.89. The normalized spacial score (nSPS) is 15.6. The number of amides is 1. The van der Waals surface area contributed by atoms with Crippen LogP contribution in [0.25, 0.3) is 0 Å². The molecule has 1 aliphatic rings. The molecular formula is C22H25ClN2O6S. The largest absolute Gasteiger partial charge is 0.479 e. The minimum absolute atomic E-state index is 0.0426. The van der Waals surface area contributed by atoms with Gasteiger partial charge in [-0.3, -0.25) is 4.79 Å². The average Bonchev–Trinajstić information content (AvgIpc) is 2.80. The molecule has 32 heavy (non-hydrogen) atoms. The molecule has 0 radical (unpaired) electrons. The fourth-order valence-corrected chi connectivity index (χ4v) is 4.92. The summed E-state index contributed by atoms with van der Waals surface area (Å²) in [5, 5.41) is 2.67. The van der Waals surface area contributed by atoms with Gasteiger partial charge in [-0.05, 0) is 50.1 Å². The Labute approximate surface area is 192 Å². The summed E-state index contributed by atoms with van der Waals surface area (Å²) >= 11 is 6.13. The Morgan fingerprint density at radius 1 is 1.09 bits per heavy atom. The average molecular weight is 481 g/mol. The number of anilines is 1. The Bertz CT molecular complexity index is 1060. The summed E-state index contributed by atoms with van der Waals surface area (Å²) in [5.74, 6) is -0.865. The van der Waals surface area contributed by atoms with E-state index in [1.807, 2.05) is 6.07 Å². The Balaban J connectivity index is 1.58. The number of halogens is 1. The number of hydrogen-bond donors (Lipinski definition) is 1. The van der Waals surface area contributed by atoms with Crippen molar-refractivity contribution in [1.82, 2.24) is 4.31 Å². The monoisotopic (exact) mass is 480 g/mol. The van der Waals surface area contributed by atoms with Gasteiger partial charge < -0.3 is 14.8 Å². The molecule has 172 valence electrons. The number of rotatable bonds is 8. The van der Waals surface area contributed by atoms with E-state index in [2.05, 4.69) is 5.32 Å². The van der Waals surface area contributed by atoms with E-state index in [4.69, 9.17) is 21.1 Å². The molecule has 0 aromatic heterocycles. The van der Waals surface area contributed by atoms with Crippen molar-refractivity contribution < 1.29 is 27.5 Å². The molecule has 1 amide bonds. The van der Waals surface area contributed by atoms with Gasteiger partial charge in [0.2, 0.25) is 10.0 Å².